The Kier molecular flexibility index (Phi) is 4.02. The largest absolute Gasteiger partial charge is 0.335 e. The summed E-state index contributed by atoms with van der Waals surface area (Å²) in [4.78, 5) is 16.7. The van der Waals surface area contributed by atoms with Crippen LogP contribution in [-0.4, -0.2) is 9.38 Å². The van der Waals surface area contributed by atoms with Crippen molar-refractivity contribution < 1.29 is 5.32 Å². The monoisotopic (exact) mass is 294 g/mol. The van der Waals surface area contributed by atoms with Gasteiger partial charge in [0.15, 0.2) is 0 Å². The summed E-state index contributed by atoms with van der Waals surface area (Å²) in [6.07, 6.45) is 1.82. The van der Waals surface area contributed by atoms with Crippen LogP contribution < -0.4 is 10.9 Å². The highest BCUT2D eigenvalue weighted by Crippen LogP contribution is 2.07. The first kappa shape index (κ1) is 14.5. The molecule has 3 aromatic rings. The van der Waals surface area contributed by atoms with Crippen LogP contribution in [0.1, 0.15) is 29.8 Å². The molecule has 4 nitrogen and oxygen atoms in total. The molecule has 0 saturated heterocycles. The lowest BCUT2D eigenvalue weighted by molar-refractivity contribution is -0.708. The van der Waals surface area contributed by atoms with E-state index in [-0.39, 0.29) is 5.56 Å². The van der Waals surface area contributed by atoms with E-state index in [2.05, 4.69) is 29.4 Å². The standard InChI is InChI=1S/C18H19N3O/c1-13-8-9-17-20-16(10-18(22)21(17)12-13)11-19-14(2)15-6-4-3-5-7-15/h3-10,12,14,19H,11H2,1-2H3/p+1/t14-/m0/s1. The van der Waals surface area contributed by atoms with Gasteiger partial charge in [-0.05, 0) is 25.5 Å². The summed E-state index contributed by atoms with van der Waals surface area (Å²) in [6, 6.07) is 16.2. The second-order valence-electron chi connectivity index (χ2n) is 5.66. The van der Waals surface area contributed by atoms with E-state index in [1.54, 1.807) is 10.5 Å². The maximum Gasteiger partial charge on any atom is 0.258 e. The Labute approximate surface area is 129 Å². The Bertz CT molecular complexity index is 840. The van der Waals surface area contributed by atoms with Gasteiger partial charge in [-0.1, -0.05) is 36.4 Å². The van der Waals surface area contributed by atoms with Crippen LogP contribution in [0.15, 0.2) is 59.5 Å². The van der Waals surface area contributed by atoms with Crippen molar-refractivity contribution in [3.05, 3.63) is 81.9 Å². The van der Waals surface area contributed by atoms with E-state index < -0.39 is 0 Å². The van der Waals surface area contributed by atoms with Crippen molar-refractivity contribution >= 4 is 5.65 Å². The molecule has 112 valence electrons. The second kappa shape index (κ2) is 6.12. The normalized spacial score (nSPS) is 12.5. The van der Waals surface area contributed by atoms with Crippen molar-refractivity contribution in [3.63, 3.8) is 0 Å². The number of nitrogens with two attached hydrogens (primary N) is 1. The molecule has 2 heterocycles. The summed E-state index contributed by atoms with van der Waals surface area (Å²) >= 11 is 0. The number of hydrogen-bond acceptors (Lipinski definition) is 2. The van der Waals surface area contributed by atoms with Crippen LogP contribution in [-0.2, 0) is 6.54 Å². The molecule has 0 aliphatic rings. The molecule has 0 aliphatic heterocycles. The second-order valence-corrected chi connectivity index (χ2v) is 5.66. The van der Waals surface area contributed by atoms with Gasteiger partial charge in [-0.3, -0.25) is 9.20 Å². The molecule has 0 fully saturated rings. The SMILES string of the molecule is Cc1ccc2nc(C[NH2+][C@@H](C)c3ccccc3)cc(=O)n2c1. The number of rotatable bonds is 4. The highest BCUT2D eigenvalue weighted by Gasteiger charge is 2.09. The van der Waals surface area contributed by atoms with Gasteiger partial charge in [0.1, 0.15) is 23.9 Å². The fourth-order valence-corrected chi connectivity index (χ4v) is 2.55. The van der Waals surface area contributed by atoms with Gasteiger partial charge >= 0.3 is 0 Å². The summed E-state index contributed by atoms with van der Waals surface area (Å²) in [7, 11) is 0. The number of aryl methyl sites for hydroxylation is 1. The third kappa shape index (κ3) is 3.07. The molecular formula is C18H20N3O+. The topological polar surface area (TPSA) is 51.0 Å². The molecule has 2 aromatic heterocycles. The minimum atomic E-state index is -0.0236. The average molecular weight is 294 g/mol. The lowest BCUT2D eigenvalue weighted by atomic mass is 10.1. The molecule has 0 saturated carbocycles. The minimum absolute atomic E-state index is 0.0236. The zero-order valence-electron chi connectivity index (χ0n) is 12.9. The van der Waals surface area contributed by atoms with E-state index in [4.69, 9.17) is 0 Å². The first-order valence-corrected chi connectivity index (χ1v) is 7.51. The predicted molar refractivity (Wildman–Crippen MR) is 86.7 cm³/mol. The van der Waals surface area contributed by atoms with Crippen LogP contribution in [0, 0.1) is 6.92 Å². The van der Waals surface area contributed by atoms with E-state index in [0.717, 1.165) is 11.3 Å². The lowest BCUT2D eigenvalue weighted by Gasteiger charge is -2.11. The first-order valence-electron chi connectivity index (χ1n) is 7.51. The quantitative estimate of drug-likeness (QED) is 0.798. The molecule has 3 rings (SSSR count). The van der Waals surface area contributed by atoms with E-state index in [1.807, 2.05) is 43.5 Å². The number of benzene rings is 1. The molecule has 0 radical (unpaired) electrons. The van der Waals surface area contributed by atoms with Gasteiger partial charge in [-0.15, -0.1) is 0 Å². The van der Waals surface area contributed by atoms with Gasteiger partial charge in [-0.2, -0.15) is 0 Å². The van der Waals surface area contributed by atoms with E-state index in [0.29, 0.717) is 18.2 Å². The fraction of sp³-hybridized carbons (Fsp3) is 0.222. The summed E-state index contributed by atoms with van der Waals surface area (Å²) in [5, 5.41) is 2.20. The smallest absolute Gasteiger partial charge is 0.258 e. The molecule has 22 heavy (non-hydrogen) atoms. The van der Waals surface area contributed by atoms with Crippen molar-refractivity contribution in [3.8, 4) is 0 Å². The Morgan fingerprint density at radius 2 is 1.95 bits per heavy atom. The minimum Gasteiger partial charge on any atom is -0.335 e. The molecular weight excluding hydrogens is 274 g/mol. The fourth-order valence-electron chi connectivity index (χ4n) is 2.55. The van der Waals surface area contributed by atoms with E-state index >= 15 is 0 Å². The van der Waals surface area contributed by atoms with Crippen LogP contribution in [0.2, 0.25) is 0 Å². The van der Waals surface area contributed by atoms with Crippen molar-refractivity contribution in [2.24, 2.45) is 0 Å². The van der Waals surface area contributed by atoms with E-state index in [9.17, 15) is 4.79 Å². The summed E-state index contributed by atoms with van der Waals surface area (Å²) in [5.41, 5.74) is 3.82. The number of pyridine rings is 1. The van der Waals surface area contributed by atoms with Crippen LogP contribution in [0.3, 0.4) is 0 Å². The number of nitrogens with zero attached hydrogens (tertiary/aromatic N) is 2. The van der Waals surface area contributed by atoms with Crippen LogP contribution in [0.25, 0.3) is 5.65 Å². The molecule has 0 aliphatic carbocycles. The molecule has 4 heteroatoms. The molecule has 0 amide bonds. The van der Waals surface area contributed by atoms with Gasteiger partial charge in [0.05, 0.1) is 0 Å². The van der Waals surface area contributed by atoms with Gasteiger partial charge in [0.25, 0.3) is 5.56 Å². The Hall–Kier alpha value is -2.46. The van der Waals surface area contributed by atoms with Gasteiger partial charge in [0.2, 0.25) is 0 Å². The maximum absolute atomic E-state index is 12.2. The zero-order valence-corrected chi connectivity index (χ0v) is 12.9. The van der Waals surface area contributed by atoms with Gasteiger partial charge in [0, 0.05) is 17.8 Å². The lowest BCUT2D eigenvalue weighted by Crippen LogP contribution is -2.83. The Morgan fingerprint density at radius 1 is 1.18 bits per heavy atom. The number of fused-ring (bicyclic) bond motifs is 1. The number of hydrogen-bond donors (Lipinski definition) is 1. The Morgan fingerprint density at radius 3 is 2.73 bits per heavy atom. The highest BCUT2D eigenvalue weighted by molar-refractivity contribution is 5.39. The zero-order chi connectivity index (χ0) is 15.5. The van der Waals surface area contributed by atoms with E-state index in [1.165, 1.54) is 5.56 Å². The summed E-state index contributed by atoms with van der Waals surface area (Å²) < 4.78 is 1.60. The van der Waals surface area contributed by atoms with Crippen LogP contribution in [0.5, 0.6) is 0 Å². The third-order valence-electron chi connectivity index (χ3n) is 3.87. The third-order valence-corrected chi connectivity index (χ3v) is 3.87. The van der Waals surface area contributed by atoms with Crippen molar-refractivity contribution in [1.82, 2.24) is 9.38 Å². The summed E-state index contributed by atoms with van der Waals surface area (Å²) in [5.74, 6) is 0. The Balaban J connectivity index is 1.80. The van der Waals surface area contributed by atoms with Crippen LogP contribution >= 0.6 is 0 Å². The predicted octanol–water partition coefficient (Wildman–Crippen LogP) is 1.83. The van der Waals surface area contributed by atoms with Gasteiger partial charge in [-0.25, -0.2) is 4.98 Å². The molecule has 0 spiro atoms. The molecule has 1 atom stereocenters. The first-order chi connectivity index (χ1) is 10.6. The summed E-state index contributed by atoms with van der Waals surface area (Å²) in [6.45, 7) is 4.82. The average Bonchev–Trinajstić information content (AvgIpc) is 2.54. The van der Waals surface area contributed by atoms with Crippen molar-refractivity contribution in [1.29, 1.82) is 0 Å². The number of aromatic nitrogens is 2. The van der Waals surface area contributed by atoms with Gasteiger partial charge < -0.3 is 5.32 Å². The molecule has 0 bridgehead atoms. The molecule has 0 unspecified atom stereocenters. The highest BCUT2D eigenvalue weighted by atomic mass is 16.1. The van der Waals surface area contributed by atoms with Crippen LogP contribution in [0.4, 0.5) is 0 Å². The number of quaternary nitrogens is 1. The van der Waals surface area contributed by atoms with Crippen molar-refractivity contribution in [2.45, 2.75) is 26.4 Å². The van der Waals surface area contributed by atoms with Crippen molar-refractivity contribution in [2.75, 3.05) is 0 Å². The molecule has 1 aromatic carbocycles. The molecule has 2 N–H and O–H groups in total. The maximum atomic E-state index is 12.2.